The molecule has 1 fully saturated rings. The first-order valence-corrected chi connectivity index (χ1v) is 9.07. The molecule has 1 aliphatic rings. The summed E-state index contributed by atoms with van der Waals surface area (Å²) in [6, 6.07) is 3.94. The Kier molecular flexibility index (Phi) is 6.59. The smallest absolute Gasteiger partial charge is 0.227 e. The Hall–Kier alpha value is -1.40. The predicted octanol–water partition coefficient (Wildman–Crippen LogP) is 2.38. The molecular formula is C17H26N2O3S. The van der Waals surface area contributed by atoms with Crippen LogP contribution in [0.5, 0.6) is 11.5 Å². The van der Waals surface area contributed by atoms with Gasteiger partial charge in [-0.05, 0) is 43.3 Å². The van der Waals surface area contributed by atoms with Crippen LogP contribution in [0.2, 0.25) is 0 Å². The van der Waals surface area contributed by atoms with Gasteiger partial charge in [0, 0.05) is 25.0 Å². The van der Waals surface area contributed by atoms with Crippen molar-refractivity contribution in [1.29, 1.82) is 0 Å². The Labute approximate surface area is 142 Å². The highest BCUT2D eigenvalue weighted by molar-refractivity contribution is 7.98. The summed E-state index contributed by atoms with van der Waals surface area (Å²) in [6.07, 6.45) is 4.06. The number of thioether (sulfide) groups is 1. The van der Waals surface area contributed by atoms with Crippen molar-refractivity contribution >= 4 is 17.7 Å². The lowest BCUT2D eigenvalue weighted by Crippen LogP contribution is -2.41. The van der Waals surface area contributed by atoms with E-state index in [0.29, 0.717) is 18.0 Å². The third kappa shape index (κ3) is 4.32. The van der Waals surface area contributed by atoms with Gasteiger partial charge in [0.2, 0.25) is 5.91 Å². The Balaban J connectivity index is 2.15. The quantitative estimate of drug-likeness (QED) is 0.807. The molecule has 0 saturated carbocycles. The van der Waals surface area contributed by atoms with Gasteiger partial charge in [-0.2, -0.15) is 0 Å². The number of carbonyl (C=O) groups is 1. The number of nitrogens with one attached hydrogen (secondary N) is 1. The van der Waals surface area contributed by atoms with Crippen LogP contribution >= 0.6 is 11.8 Å². The Morgan fingerprint density at radius 2 is 2.04 bits per heavy atom. The SMILES string of the molecule is COc1cc(CN(C)C(=O)C2CCCNC2)c(SC)cc1OC. The first-order valence-electron chi connectivity index (χ1n) is 7.85. The molecule has 0 spiro atoms. The molecule has 128 valence electrons. The van der Waals surface area contributed by atoms with Crippen molar-refractivity contribution in [3.63, 3.8) is 0 Å². The molecule has 1 N–H and O–H groups in total. The summed E-state index contributed by atoms with van der Waals surface area (Å²) in [5.41, 5.74) is 1.08. The summed E-state index contributed by atoms with van der Waals surface area (Å²) in [5.74, 6) is 1.71. The van der Waals surface area contributed by atoms with Crippen LogP contribution in [0.15, 0.2) is 17.0 Å². The largest absolute Gasteiger partial charge is 0.493 e. The van der Waals surface area contributed by atoms with Crippen LogP contribution in [0.3, 0.4) is 0 Å². The van der Waals surface area contributed by atoms with E-state index in [1.54, 1.807) is 26.0 Å². The van der Waals surface area contributed by atoms with E-state index in [-0.39, 0.29) is 11.8 Å². The van der Waals surface area contributed by atoms with Gasteiger partial charge in [-0.25, -0.2) is 0 Å². The zero-order chi connectivity index (χ0) is 16.8. The minimum Gasteiger partial charge on any atom is -0.493 e. The number of piperidine rings is 1. The second-order valence-electron chi connectivity index (χ2n) is 5.76. The summed E-state index contributed by atoms with van der Waals surface area (Å²) in [6.45, 7) is 2.37. The van der Waals surface area contributed by atoms with Crippen LogP contribution in [-0.4, -0.2) is 51.4 Å². The summed E-state index contributed by atoms with van der Waals surface area (Å²) in [5, 5.41) is 3.30. The van der Waals surface area contributed by atoms with Gasteiger partial charge in [0.05, 0.1) is 20.1 Å². The van der Waals surface area contributed by atoms with Gasteiger partial charge in [-0.3, -0.25) is 4.79 Å². The minimum absolute atomic E-state index is 0.0895. The van der Waals surface area contributed by atoms with Crippen molar-refractivity contribution in [2.24, 2.45) is 5.92 Å². The van der Waals surface area contributed by atoms with Gasteiger partial charge in [-0.15, -0.1) is 11.8 Å². The monoisotopic (exact) mass is 338 g/mol. The number of hydrogen-bond donors (Lipinski definition) is 1. The van der Waals surface area contributed by atoms with E-state index in [1.807, 2.05) is 30.3 Å². The van der Waals surface area contributed by atoms with Gasteiger partial charge in [0.15, 0.2) is 11.5 Å². The van der Waals surface area contributed by atoms with Crippen molar-refractivity contribution in [3.05, 3.63) is 17.7 Å². The zero-order valence-electron chi connectivity index (χ0n) is 14.3. The Morgan fingerprint density at radius 1 is 1.35 bits per heavy atom. The van der Waals surface area contributed by atoms with Gasteiger partial charge >= 0.3 is 0 Å². The molecule has 23 heavy (non-hydrogen) atoms. The van der Waals surface area contributed by atoms with Gasteiger partial charge in [0.1, 0.15) is 0 Å². The van der Waals surface area contributed by atoms with Crippen LogP contribution in [0.1, 0.15) is 18.4 Å². The third-order valence-electron chi connectivity index (χ3n) is 4.22. The standard InChI is InChI=1S/C17H26N2O3S/c1-19(17(20)12-6-5-7-18-10-12)11-13-8-14(21-2)15(22-3)9-16(13)23-4/h8-9,12,18H,5-7,10-11H2,1-4H3. The van der Waals surface area contributed by atoms with Gasteiger partial charge < -0.3 is 19.7 Å². The molecule has 0 radical (unpaired) electrons. The molecule has 1 saturated heterocycles. The van der Waals surface area contributed by atoms with Crippen molar-refractivity contribution in [2.75, 3.05) is 40.6 Å². The fourth-order valence-corrected chi connectivity index (χ4v) is 3.53. The Morgan fingerprint density at radius 3 is 2.61 bits per heavy atom. The van der Waals surface area contributed by atoms with E-state index >= 15 is 0 Å². The van der Waals surface area contributed by atoms with Gasteiger partial charge in [-0.1, -0.05) is 0 Å². The number of rotatable bonds is 6. The molecule has 0 aliphatic carbocycles. The highest BCUT2D eigenvalue weighted by atomic mass is 32.2. The molecule has 0 aromatic heterocycles. The maximum absolute atomic E-state index is 12.6. The van der Waals surface area contributed by atoms with Crippen molar-refractivity contribution in [3.8, 4) is 11.5 Å². The predicted molar refractivity (Wildman–Crippen MR) is 93.4 cm³/mol. The topological polar surface area (TPSA) is 50.8 Å². The second-order valence-corrected chi connectivity index (χ2v) is 6.60. The number of carbonyl (C=O) groups excluding carboxylic acids is 1. The molecule has 1 aromatic carbocycles. The molecule has 1 aliphatic heterocycles. The summed E-state index contributed by atoms with van der Waals surface area (Å²) in [7, 11) is 5.13. The van der Waals surface area contributed by atoms with Crippen molar-refractivity contribution in [2.45, 2.75) is 24.3 Å². The second kappa shape index (κ2) is 8.45. The van der Waals surface area contributed by atoms with Crippen LogP contribution in [0.25, 0.3) is 0 Å². The van der Waals surface area contributed by atoms with Crippen molar-refractivity contribution < 1.29 is 14.3 Å². The molecule has 1 amide bonds. The third-order valence-corrected chi connectivity index (χ3v) is 5.04. The number of benzene rings is 1. The van der Waals surface area contributed by atoms with Crippen molar-refractivity contribution in [1.82, 2.24) is 10.2 Å². The van der Waals surface area contributed by atoms with E-state index < -0.39 is 0 Å². The molecule has 1 atom stereocenters. The van der Waals surface area contributed by atoms with E-state index in [1.165, 1.54) is 0 Å². The zero-order valence-corrected chi connectivity index (χ0v) is 15.2. The average Bonchev–Trinajstić information content (AvgIpc) is 2.61. The summed E-state index contributed by atoms with van der Waals surface area (Å²) in [4.78, 5) is 15.5. The number of hydrogen-bond acceptors (Lipinski definition) is 5. The minimum atomic E-state index is 0.0895. The molecule has 1 unspecified atom stereocenters. The first kappa shape index (κ1) is 17.9. The molecule has 1 aromatic rings. The lowest BCUT2D eigenvalue weighted by Gasteiger charge is -2.27. The van der Waals surface area contributed by atoms with Crippen LogP contribution < -0.4 is 14.8 Å². The normalized spacial score (nSPS) is 17.7. The molecular weight excluding hydrogens is 312 g/mol. The van der Waals surface area contributed by atoms with E-state index in [0.717, 1.165) is 36.4 Å². The maximum atomic E-state index is 12.6. The molecule has 6 heteroatoms. The number of amides is 1. The van der Waals surface area contributed by atoms with E-state index in [2.05, 4.69) is 5.32 Å². The number of nitrogens with zero attached hydrogens (tertiary/aromatic N) is 1. The van der Waals surface area contributed by atoms with E-state index in [9.17, 15) is 4.79 Å². The highest BCUT2D eigenvalue weighted by Crippen LogP contribution is 2.35. The highest BCUT2D eigenvalue weighted by Gasteiger charge is 2.24. The number of methoxy groups -OCH3 is 2. The van der Waals surface area contributed by atoms with Crippen LogP contribution in [0.4, 0.5) is 0 Å². The molecule has 1 heterocycles. The summed E-state index contributed by atoms with van der Waals surface area (Å²) < 4.78 is 10.7. The average molecular weight is 338 g/mol. The Bertz CT molecular complexity index is 545. The first-order chi connectivity index (χ1) is 11.1. The summed E-state index contributed by atoms with van der Waals surface area (Å²) >= 11 is 1.65. The fraction of sp³-hybridized carbons (Fsp3) is 0.588. The van der Waals surface area contributed by atoms with Gasteiger partial charge in [0.25, 0.3) is 0 Å². The molecule has 0 bridgehead atoms. The lowest BCUT2D eigenvalue weighted by molar-refractivity contribution is -0.135. The maximum Gasteiger partial charge on any atom is 0.227 e. The van der Waals surface area contributed by atoms with E-state index in [4.69, 9.17) is 9.47 Å². The molecule has 2 rings (SSSR count). The molecule has 5 nitrogen and oxygen atoms in total. The van der Waals surface area contributed by atoms with Crippen LogP contribution in [-0.2, 0) is 11.3 Å². The fourth-order valence-electron chi connectivity index (χ4n) is 2.92. The lowest BCUT2D eigenvalue weighted by atomic mass is 9.98. The number of ether oxygens (including phenoxy) is 2. The van der Waals surface area contributed by atoms with Crippen LogP contribution in [0, 0.1) is 5.92 Å².